The summed E-state index contributed by atoms with van der Waals surface area (Å²) in [7, 11) is -1.90. The highest BCUT2D eigenvalue weighted by Gasteiger charge is 2.39. The highest BCUT2D eigenvalue weighted by molar-refractivity contribution is 7.64. The molecule has 2 radical (unpaired) electrons. The fraction of sp³-hybridized carbons (Fsp3) is 0.857. The van der Waals surface area contributed by atoms with Crippen LogP contribution in [0.5, 0.6) is 0 Å². The third kappa shape index (κ3) is 2.07. The topological polar surface area (TPSA) is 0 Å². The molecule has 0 aromatic rings. The van der Waals surface area contributed by atoms with Crippen LogP contribution in [0, 0.1) is 6.55 Å². The smallest absolute Gasteiger partial charge is 0.0381 e. The molecule has 0 aliphatic heterocycles. The summed E-state index contributed by atoms with van der Waals surface area (Å²) in [6, 6.07) is 0. The minimum Gasteiger partial charge on any atom is -0.0735 e. The van der Waals surface area contributed by atoms with Gasteiger partial charge in [-0.2, -0.15) is 0 Å². The molecule has 10 heavy (non-hydrogen) atoms. The van der Waals surface area contributed by atoms with Gasteiger partial charge < -0.3 is 0 Å². The van der Waals surface area contributed by atoms with Crippen LogP contribution in [0.25, 0.3) is 0 Å². The first-order valence-corrected chi connectivity index (χ1v) is 14.6. The maximum absolute atomic E-state index is 4.39. The van der Waals surface area contributed by atoms with Crippen LogP contribution in [0.3, 0.4) is 0 Å². The van der Waals surface area contributed by atoms with Gasteiger partial charge in [-0.1, -0.05) is 45.8 Å². The van der Waals surface area contributed by atoms with Crippen molar-refractivity contribution in [2.45, 2.75) is 39.3 Å². The van der Waals surface area contributed by atoms with E-state index < -0.39 is 14.7 Å². The van der Waals surface area contributed by atoms with Gasteiger partial charge in [0.2, 0.25) is 0 Å². The lowest BCUT2D eigenvalue weighted by atomic mass is 11.8. The molecular formula is C7H20Si3. The first kappa shape index (κ1) is 10.7. The Morgan fingerprint density at radius 1 is 1.00 bits per heavy atom. The van der Waals surface area contributed by atoms with E-state index in [0.29, 0.717) is 0 Å². The predicted molar refractivity (Wildman–Crippen MR) is 57.8 cm³/mol. The lowest BCUT2D eigenvalue weighted by Gasteiger charge is -2.38. The molecule has 0 heterocycles. The van der Waals surface area contributed by atoms with E-state index in [9.17, 15) is 0 Å². The van der Waals surface area contributed by atoms with Crippen LogP contribution in [-0.2, 0) is 0 Å². The quantitative estimate of drug-likeness (QED) is 0.585. The van der Waals surface area contributed by atoms with Crippen LogP contribution >= 0.6 is 0 Å². The molecule has 0 aromatic heterocycles. The van der Waals surface area contributed by atoms with Crippen molar-refractivity contribution in [1.82, 2.24) is 0 Å². The largest absolute Gasteiger partial charge is 0.0735 e. The normalized spacial score (nSPS) is 14.4. The lowest BCUT2D eigenvalue weighted by Crippen LogP contribution is -2.61. The third-order valence-corrected chi connectivity index (χ3v) is 37.1. The monoisotopic (exact) mass is 188 g/mol. The Labute approximate surface area is 69.2 Å². The van der Waals surface area contributed by atoms with Crippen molar-refractivity contribution in [3.8, 4) is 0 Å². The molecule has 0 aliphatic rings. The SMILES string of the molecule is [CH2][Si](C)(C)[Si](C)(C)[Si](C)C. The van der Waals surface area contributed by atoms with E-state index in [-0.39, 0.29) is 8.31 Å². The maximum atomic E-state index is 4.39. The van der Waals surface area contributed by atoms with Gasteiger partial charge in [-0.15, -0.1) is 0 Å². The first-order chi connectivity index (χ1) is 4.19. The third-order valence-electron chi connectivity index (χ3n) is 2.94. The maximum Gasteiger partial charge on any atom is 0.0381 e. The zero-order valence-electron chi connectivity index (χ0n) is 8.21. The van der Waals surface area contributed by atoms with Gasteiger partial charge in [0.05, 0.1) is 0 Å². The van der Waals surface area contributed by atoms with Gasteiger partial charge in [0.15, 0.2) is 0 Å². The van der Waals surface area contributed by atoms with Gasteiger partial charge in [0.1, 0.15) is 0 Å². The van der Waals surface area contributed by atoms with Gasteiger partial charge in [-0.05, 0) is 0 Å². The fourth-order valence-corrected chi connectivity index (χ4v) is 18.3. The summed E-state index contributed by atoms with van der Waals surface area (Å²) >= 11 is 0. The van der Waals surface area contributed by atoms with Crippen molar-refractivity contribution in [2.75, 3.05) is 0 Å². The molecule has 0 bridgehead atoms. The molecule has 0 atom stereocenters. The predicted octanol–water partition coefficient (Wildman–Crippen LogP) is 2.69. The molecule has 0 saturated heterocycles. The summed E-state index contributed by atoms with van der Waals surface area (Å²) in [5.41, 5.74) is 0. The molecule has 0 fully saturated rings. The van der Waals surface area contributed by atoms with Crippen molar-refractivity contribution in [3.05, 3.63) is 6.55 Å². The fourth-order valence-electron chi connectivity index (χ4n) is 0.677. The van der Waals surface area contributed by atoms with E-state index in [1.165, 1.54) is 0 Å². The van der Waals surface area contributed by atoms with Gasteiger partial charge in [0, 0.05) is 23.0 Å². The minimum atomic E-state index is -1.01. The summed E-state index contributed by atoms with van der Waals surface area (Å²) in [5, 5.41) is 0. The van der Waals surface area contributed by atoms with E-state index in [4.69, 9.17) is 0 Å². The molecule has 0 saturated carbocycles. The standard InChI is InChI=1S/C7H20Si3/c1-8(2)10(6,7)9(3,4)5/h3H2,1-2,4-7H3. The Hall–Kier alpha value is 0.651. The van der Waals surface area contributed by atoms with Crippen molar-refractivity contribution in [2.24, 2.45) is 0 Å². The molecule has 0 aliphatic carbocycles. The Bertz CT molecular complexity index is 111. The van der Waals surface area contributed by atoms with Crippen molar-refractivity contribution in [3.63, 3.8) is 0 Å². The van der Waals surface area contributed by atoms with Crippen molar-refractivity contribution < 1.29 is 0 Å². The van der Waals surface area contributed by atoms with Crippen molar-refractivity contribution in [1.29, 1.82) is 0 Å². The van der Waals surface area contributed by atoms with Crippen LogP contribution in [-0.4, -0.2) is 23.0 Å². The molecule has 0 spiro atoms. The second kappa shape index (κ2) is 2.95. The van der Waals surface area contributed by atoms with Crippen molar-refractivity contribution >= 4 is 23.0 Å². The summed E-state index contributed by atoms with van der Waals surface area (Å²) in [6.07, 6.45) is 0. The van der Waals surface area contributed by atoms with E-state index in [1.807, 2.05) is 0 Å². The second-order valence-corrected chi connectivity index (χ2v) is 29.6. The Balaban J connectivity index is 4.40. The van der Waals surface area contributed by atoms with Gasteiger partial charge in [0.25, 0.3) is 0 Å². The van der Waals surface area contributed by atoms with Gasteiger partial charge >= 0.3 is 0 Å². The zero-order chi connectivity index (χ0) is 8.58. The van der Waals surface area contributed by atoms with Crippen LogP contribution in [0.1, 0.15) is 0 Å². The molecule has 0 N–H and O–H groups in total. The molecule has 0 amide bonds. The molecule has 0 nitrogen and oxygen atoms in total. The summed E-state index contributed by atoms with van der Waals surface area (Å²) in [6.45, 7) is 19.2. The Kier molecular flexibility index (Phi) is 3.14. The molecule has 0 aromatic carbocycles. The zero-order valence-corrected chi connectivity index (χ0v) is 11.2. The minimum absolute atomic E-state index is 0.0301. The molecule has 0 unspecified atom stereocenters. The van der Waals surface area contributed by atoms with E-state index in [0.717, 1.165) is 0 Å². The highest BCUT2D eigenvalue weighted by atomic mass is 29.6. The van der Waals surface area contributed by atoms with Crippen LogP contribution in [0.2, 0.25) is 39.3 Å². The number of hydrogen-bond donors (Lipinski definition) is 0. The Morgan fingerprint density at radius 3 is 1.30 bits per heavy atom. The van der Waals surface area contributed by atoms with Gasteiger partial charge in [-0.25, -0.2) is 0 Å². The van der Waals surface area contributed by atoms with E-state index >= 15 is 0 Å². The van der Waals surface area contributed by atoms with Crippen LogP contribution < -0.4 is 0 Å². The van der Waals surface area contributed by atoms with Crippen LogP contribution in [0.15, 0.2) is 0 Å². The lowest BCUT2D eigenvalue weighted by molar-refractivity contribution is 1.82. The average molecular weight is 188 g/mol. The highest BCUT2D eigenvalue weighted by Crippen LogP contribution is 2.20. The second-order valence-electron chi connectivity index (χ2n) is 4.51. The van der Waals surface area contributed by atoms with E-state index in [1.54, 1.807) is 0 Å². The average Bonchev–Trinajstić information content (AvgIpc) is 1.62. The molecule has 3 heteroatoms. The summed E-state index contributed by atoms with van der Waals surface area (Å²) < 4.78 is 0. The molecule has 60 valence electrons. The molecular weight excluding hydrogens is 168 g/mol. The first-order valence-electron chi connectivity index (χ1n) is 3.85. The Morgan fingerprint density at radius 2 is 1.30 bits per heavy atom. The van der Waals surface area contributed by atoms with Gasteiger partial charge in [-0.3, -0.25) is 0 Å². The summed E-state index contributed by atoms with van der Waals surface area (Å²) in [4.78, 5) is 0. The molecule has 0 rings (SSSR count). The van der Waals surface area contributed by atoms with E-state index in [2.05, 4.69) is 45.8 Å². The number of rotatable bonds is 2. The van der Waals surface area contributed by atoms with Crippen LogP contribution in [0.4, 0.5) is 0 Å². The summed E-state index contributed by atoms with van der Waals surface area (Å²) in [5.74, 6) is 0. The number of hydrogen-bond acceptors (Lipinski definition) is 0.